The minimum Gasteiger partial charge on any atom is -0.399 e. The highest BCUT2D eigenvalue weighted by molar-refractivity contribution is 5.57. The summed E-state index contributed by atoms with van der Waals surface area (Å²) in [6.45, 7) is 2.43. The lowest BCUT2D eigenvalue weighted by molar-refractivity contribution is 0.165. The molecule has 2 nitrogen and oxygen atoms in total. The van der Waals surface area contributed by atoms with E-state index in [0.717, 1.165) is 47.0 Å². The van der Waals surface area contributed by atoms with E-state index in [1.54, 1.807) is 0 Å². The minimum absolute atomic E-state index is 0.731. The van der Waals surface area contributed by atoms with Gasteiger partial charge in [-0.3, -0.25) is 0 Å². The van der Waals surface area contributed by atoms with Crippen molar-refractivity contribution in [1.82, 2.24) is 0 Å². The maximum Gasteiger partial charge on any atom is 0.0370 e. The highest BCUT2D eigenvalue weighted by Crippen LogP contribution is 2.43. The number of nitrogen functional groups attached to an aromatic ring is 2. The highest BCUT2D eigenvalue weighted by atomic mass is 14.6. The normalized spacial score (nSPS) is 28.2. The smallest absolute Gasteiger partial charge is 0.0370 e. The van der Waals surface area contributed by atoms with Gasteiger partial charge in [0.2, 0.25) is 0 Å². The molecule has 0 aromatic heterocycles. The van der Waals surface area contributed by atoms with Gasteiger partial charge in [0, 0.05) is 11.4 Å². The quantitative estimate of drug-likeness (QED) is 0.595. The molecule has 0 spiro atoms. The Morgan fingerprint density at radius 2 is 1.36 bits per heavy atom. The molecule has 0 saturated heterocycles. The molecule has 2 aromatic rings. The van der Waals surface area contributed by atoms with Gasteiger partial charge in [-0.1, -0.05) is 50.1 Å². The molecule has 0 heterocycles. The van der Waals surface area contributed by atoms with Crippen molar-refractivity contribution in [1.29, 1.82) is 0 Å². The lowest BCUT2D eigenvalue weighted by Gasteiger charge is -2.37. The average molecular weight is 377 g/mol. The third-order valence-electron chi connectivity index (χ3n) is 7.51. The fourth-order valence-electron chi connectivity index (χ4n) is 5.58. The molecule has 0 atom stereocenters. The molecule has 0 amide bonds. The molecule has 150 valence electrons. The second kappa shape index (κ2) is 8.59. The molecular weight excluding hydrogens is 340 g/mol. The standard InChI is InChI=1S/C26H36N2/c1-18-2-6-20(7-3-18)22-10-12-23(13-11-22)21-8-4-19(5-9-21)16-24-14-15-25(27)17-26(24)28/h4-5,8-9,14-15,17-18,20,22-23H,2-3,6-7,10-13,16,27-28H2,1H3. The van der Waals surface area contributed by atoms with Crippen LogP contribution in [0.15, 0.2) is 42.5 Å². The van der Waals surface area contributed by atoms with Crippen LogP contribution in [0.1, 0.15) is 80.9 Å². The monoisotopic (exact) mass is 376 g/mol. The van der Waals surface area contributed by atoms with E-state index in [1.165, 1.54) is 62.5 Å². The SMILES string of the molecule is CC1CCC(C2CCC(c3ccc(Cc4ccc(N)cc4N)cc3)CC2)CC1. The summed E-state index contributed by atoms with van der Waals surface area (Å²) in [5, 5.41) is 0. The lowest BCUT2D eigenvalue weighted by Crippen LogP contribution is -2.24. The fourth-order valence-corrected chi connectivity index (χ4v) is 5.58. The summed E-state index contributed by atoms with van der Waals surface area (Å²) in [4.78, 5) is 0. The summed E-state index contributed by atoms with van der Waals surface area (Å²) >= 11 is 0. The third kappa shape index (κ3) is 4.54. The number of hydrogen-bond acceptors (Lipinski definition) is 2. The third-order valence-corrected chi connectivity index (χ3v) is 7.51. The molecule has 0 unspecified atom stereocenters. The molecule has 0 bridgehead atoms. The molecule has 2 aromatic carbocycles. The van der Waals surface area contributed by atoms with E-state index in [2.05, 4.69) is 31.2 Å². The van der Waals surface area contributed by atoms with Crippen molar-refractivity contribution < 1.29 is 0 Å². The summed E-state index contributed by atoms with van der Waals surface area (Å²) in [5.41, 5.74) is 17.5. The van der Waals surface area contributed by atoms with Crippen molar-refractivity contribution >= 4 is 11.4 Å². The Bertz CT molecular complexity index is 764. The molecule has 0 radical (unpaired) electrons. The van der Waals surface area contributed by atoms with Crippen LogP contribution in [0.25, 0.3) is 0 Å². The Hall–Kier alpha value is -1.96. The molecule has 2 saturated carbocycles. The van der Waals surface area contributed by atoms with Crippen LogP contribution in [-0.4, -0.2) is 0 Å². The van der Waals surface area contributed by atoms with Gasteiger partial charge in [0.25, 0.3) is 0 Å². The van der Waals surface area contributed by atoms with E-state index in [-0.39, 0.29) is 0 Å². The Morgan fingerprint density at radius 3 is 1.96 bits per heavy atom. The number of hydrogen-bond donors (Lipinski definition) is 2. The Morgan fingerprint density at radius 1 is 0.750 bits per heavy atom. The van der Waals surface area contributed by atoms with Gasteiger partial charge >= 0.3 is 0 Å². The molecule has 2 aliphatic carbocycles. The van der Waals surface area contributed by atoms with Gasteiger partial charge < -0.3 is 11.5 Å². The van der Waals surface area contributed by atoms with E-state index < -0.39 is 0 Å². The molecule has 4 N–H and O–H groups in total. The first-order valence-corrected chi connectivity index (χ1v) is 11.3. The van der Waals surface area contributed by atoms with Crippen molar-refractivity contribution in [2.75, 3.05) is 11.5 Å². The van der Waals surface area contributed by atoms with Crippen LogP contribution < -0.4 is 11.5 Å². The molecule has 2 aliphatic rings. The van der Waals surface area contributed by atoms with E-state index in [4.69, 9.17) is 11.5 Å². The zero-order valence-corrected chi connectivity index (χ0v) is 17.4. The van der Waals surface area contributed by atoms with Crippen LogP contribution in [-0.2, 0) is 6.42 Å². The van der Waals surface area contributed by atoms with Crippen molar-refractivity contribution in [3.8, 4) is 0 Å². The van der Waals surface area contributed by atoms with E-state index >= 15 is 0 Å². The summed E-state index contributed by atoms with van der Waals surface area (Å²) in [5.74, 6) is 3.74. The van der Waals surface area contributed by atoms with Crippen molar-refractivity contribution in [3.05, 3.63) is 59.2 Å². The Balaban J connectivity index is 1.32. The second-order valence-electron chi connectivity index (χ2n) is 9.51. The van der Waals surface area contributed by atoms with Crippen LogP contribution in [0.2, 0.25) is 0 Å². The largest absolute Gasteiger partial charge is 0.399 e. The van der Waals surface area contributed by atoms with Gasteiger partial charge in [-0.05, 0) is 97.4 Å². The second-order valence-corrected chi connectivity index (χ2v) is 9.51. The topological polar surface area (TPSA) is 52.0 Å². The first kappa shape index (κ1) is 19.4. The maximum absolute atomic E-state index is 6.12. The van der Waals surface area contributed by atoms with Gasteiger partial charge in [-0.15, -0.1) is 0 Å². The molecule has 28 heavy (non-hydrogen) atoms. The Labute approximate surface area is 170 Å². The van der Waals surface area contributed by atoms with Gasteiger partial charge in [-0.2, -0.15) is 0 Å². The molecular formula is C26H36N2. The van der Waals surface area contributed by atoms with Crippen LogP contribution in [0.4, 0.5) is 11.4 Å². The number of rotatable bonds is 4. The van der Waals surface area contributed by atoms with Crippen molar-refractivity contribution in [3.63, 3.8) is 0 Å². The van der Waals surface area contributed by atoms with Crippen LogP contribution in [0, 0.1) is 17.8 Å². The van der Waals surface area contributed by atoms with Crippen molar-refractivity contribution in [2.24, 2.45) is 17.8 Å². The predicted octanol–water partition coefficient (Wildman–Crippen LogP) is 6.54. The van der Waals surface area contributed by atoms with Crippen molar-refractivity contribution in [2.45, 2.75) is 70.6 Å². The van der Waals surface area contributed by atoms with Crippen LogP contribution in [0.5, 0.6) is 0 Å². The molecule has 2 heteroatoms. The van der Waals surface area contributed by atoms with Crippen LogP contribution in [0.3, 0.4) is 0 Å². The molecule has 0 aliphatic heterocycles. The summed E-state index contributed by atoms with van der Waals surface area (Å²) in [6.07, 6.45) is 12.4. The zero-order chi connectivity index (χ0) is 19.5. The minimum atomic E-state index is 0.731. The summed E-state index contributed by atoms with van der Waals surface area (Å²) in [7, 11) is 0. The van der Waals surface area contributed by atoms with E-state index in [1.807, 2.05) is 18.2 Å². The molecule has 2 fully saturated rings. The van der Waals surface area contributed by atoms with Gasteiger partial charge in [0.05, 0.1) is 0 Å². The van der Waals surface area contributed by atoms with Crippen LogP contribution >= 0.6 is 0 Å². The van der Waals surface area contributed by atoms with E-state index in [9.17, 15) is 0 Å². The Kier molecular flexibility index (Phi) is 5.94. The fraction of sp³-hybridized carbons (Fsp3) is 0.538. The summed E-state index contributed by atoms with van der Waals surface area (Å²) in [6, 6.07) is 15.1. The zero-order valence-electron chi connectivity index (χ0n) is 17.4. The maximum atomic E-state index is 6.12. The van der Waals surface area contributed by atoms with E-state index in [0.29, 0.717) is 0 Å². The predicted molar refractivity (Wildman–Crippen MR) is 120 cm³/mol. The number of benzene rings is 2. The van der Waals surface area contributed by atoms with Gasteiger partial charge in [-0.25, -0.2) is 0 Å². The number of nitrogens with two attached hydrogens (primary N) is 2. The molecule has 4 rings (SSSR count). The average Bonchev–Trinajstić information content (AvgIpc) is 2.71. The number of anilines is 2. The first-order valence-electron chi connectivity index (χ1n) is 11.3. The lowest BCUT2D eigenvalue weighted by atomic mass is 9.68. The summed E-state index contributed by atoms with van der Waals surface area (Å²) < 4.78 is 0. The first-order chi connectivity index (χ1) is 13.6. The van der Waals surface area contributed by atoms with Gasteiger partial charge in [0.15, 0.2) is 0 Å². The highest BCUT2D eigenvalue weighted by Gasteiger charge is 2.30. The van der Waals surface area contributed by atoms with Gasteiger partial charge in [0.1, 0.15) is 0 Å².